The second kappa shape index (κ2) is 7.05. The Balaban J connectivity index is 1.47. The van der Waals surface area contributed by atoms with Crippen LogP contribution in [0.1, 0.15) is 16.8 Å². The number of nitrogen functional groups attached to an aromatic ring is 1. The molecule has 143 valence electrons. The first-order valence-electron chi connectivity index (χ1n) is 9.52. The molecule has 6 heteroatoms. The van der Waals surface area contributed by atoms with Crippen LogP contribution in [0.25, 0.3) is 33.7 Å². The van der Waals surface area contributed by atoms with Gasteiger partial charge < -0.3 is 15.1 Å². The smallest absolute Gasteiger partial charge is 0.253 e. The van der Waals surface area contributed by atoms with Gasteiger partial charge in [0.25, 0.3) is 5.91 Å². The first-order valence-corrected chi connectivity index (χ1v) is 9.52. The quantitative estimate of drug-likeness (QED) is 0.573. The van der Waals surface area contributed by atoms with Crippen LogP contribution in [0.2, 0.25) is 0 Å². The Kier molecular flexibility index (Phi) is 4.24. The average molecular weight is 383 g/mol. The molecular weight excluding hydrogens is 364 g/mol. The van der Waals surface area contributed by atoms with E-state index in [-0.39, 0.29) is 5.91 Å². The number of carbonyl (C=O) groups is 1. The van der Waals surface area contributed by atoms with Gasteiger partial charge in [0.1, 0.15) is 11.3 Å². The predicted molar refractivity (Wildman–Crippen MR) is 112 cm³/mol. The summed E-state index contributed by atoms with van der Waals surface area (Å²) in [5.41, 5.74) is 9.55. The zero-order valence-corrected chi connectivity index (χ0v) is 15.7. The number of anilines is 1. The summed E-state index contributed by atoms with van der Waals surface area (Å²) in [5.74, 6) is 0.941. The van der Waals surface area contributed by atoms with Crippen LogP contribution < -0.4 is 5.73 Å². The molecule has 0 bridgehead atoms. The molecule has 3 heterocycles. The van der Waals surface area contributed by atoms with Crippen molar-refractivity contribution in [2.45, 2.75) is 6.42 Å². The highest BCUT2D eigenvalue weighted by molar-refractivity contribution is 5.95. The number of furan rings is 1. The average Bonchev–Trinajstić information content (AvgIpc) is 3.44. The number of likely N-dealkylation sites (tertiary alicyclic amines) is 1. The SMILES string of the molecule is Nc1ncc(-c2ccc(C(=O)N3C[CH]CC3)cc2)nc1-c1cc2ccccc2o1. The number of aromatic nitrogens is 2. The molecule has 1 radical (unpaired) electrons. The van der Waals surface area contributed by atoms with Crippen LogP contribution in [0.15, 0.2) is 65.2 Å². The number of fused-ring (bicyclic) bond motifs is 1. The second-order valence-electron chi connectivity index (χ2n) is 7.04. The minimum Gasteiger partial charge on any atom is -0.454 e. The lowest BCUT2D eigenvalue weighted by Gasteiger charge is -2.15. The van der Waals surface area contributed by atoms with E-state index in [4.69, 9.17) is 10.2 Å². The first-order chi connectivity index (χ1) is 14.2. The summed E-state index contributed by atoms with van der Waals surface area (Å²) >= 11 is 0. The Morgan fingerprint density at radius 2 is 1.93 bits per heavy atom. The van der Waals surface area contributed by atoms with Crippen LogP contribution in [-0.4, -0.2) is 33.9 Å². The summed E-state index contributed by atoms with van der Waals surface area (Å²) in [5, 5.41) is 0.983. The number of nitrogens with zero attached hydrogens (tertiary/aromatic N) is 3. The van der Waals surface area contributed by atoms with E-state index in [9.17, 15) is 4.79 Å². The number of carbonyl (C=O) groups excluding carboxylic acids is 1. The molecule has 0 unspecified atom stereocenters. The van der Waals surface area contributed by atoms with E-state index < -0.39 is 0 Å². The lowest BCUT2D eigenvalue weighted by molar-refractivity contribution is 0.0796. The summed E-state index contributed by atoms with van der Waals surface area (Å²) in [7, 11) is 0. The van der Waals surface area contributed by atoms with Crippen LogP contribution in [0.5, 0.6) is 0 Å². The molecule has 2 N–H and O–H groups in total. The van der Waals surface area contributed by atoms with Crippen molar-refractivity contribution in [3.63, 3.8) is 0 Å². The van der Waals surface area contributed by atoms with Crippen LogP contribution >= 0.6 is 0 Å². The Morgan fingerprint density at radius 1 is 1.10 bits per heavy atom. The number of hydrogen-bond donors (Lipinski definition) is 1. The predicted octanol–water partition coefficient (Wildman–Crippen LogP) is 4.19. The first kappa shape index (κ1) is 17.4. The molecule has 0 atom stereocenters. The van der Waals surface area contributed by atoms with Gasteiger partial charge in [-0.3, -0.25) is 4.79 Å². The third-order valence-corrected chi connectivity index (χ3v) is 5.13. The Hall–Kier alpha value is -3.67. The van der Waals surface area contributed by atoms with Crippen molar-refractivity contribution in [3.8, 4) is 22.7 Å². The molecule has 1 saturated heterocycles. The molecule has 29 heavy (non-hydrogen) atoms. The number of rotatable bonds is 3. The Morgan fingerprint density at radius 3 is 2.69 bits per heavy atom. The minimum atomic E-state index is 0.0525. The van der Waals surface area contributed by atoms with Crippen molar-refractivity contribution in [1.82, 2.24) is 14.9 Å². The normalized spacial score (nSPS) is 13.9. The van der Waals surface area contributed by atoms with Crippen molar-refractivity contribution in [3.05, 3.63) is 72.8 Å². The molecule has 5 rings (SSSR count). The number of para-hydroxylation sites is 1. The summed E-state index contributed by atoms with van der Waals surface area (Å²) in [4.78, 5) is 23.3. The Bertz CT molecular complexity index is 1160. The van der Waals surface area contributed by atoms with Gasteiger partial charge in [-0.1, -0.05) is 30.3 Å². The number of benzene rings is 2. The minimum absolute atomic E-state index is 0.0525. The highest BCUT2D eigenvalue weighted by atomic mass is 16.3. The lowest BCUT2D eigenvalue weighted by Crippen LogP contribution is -2.27. The van der Waals surface area contributed by atoms with E-state index in [0.29, 0.717) is 35.1 Å². The van der Waals surface area contributed by atoms with Crippen molar-refractivity contribution in [2.75, 3.05) is 18.8 Å². The number of nitrogens with two attached hydrogens (primary N) is 1. The van der Waals surface area contributed by atoms with Gasteiger partial charge >= 0.3 is 0 Å². The fourth-order valence-electron chi connectivity index (χ4n) is 3.55. The lowest BCUT2D eigenvalue weighted by atomic mass is 10.1. The van der Waals surface area contributed by atoms with E-state index in [2.05, 4.69) is 16.4 Å². The van der Waals surface area contributed by atoms with Crippen molar-refractivity contribution in [1.29, 1.82) is 0 Å². The van der Waals surface area contributed by atoms with Gasteiger partial charge in [-0.05, 0) is 37.1 Å². The Labute approximate surface area is 168 Å². The van der Waals surface area contributed by atoms with Gasteiger partial charge in [-0.25, -0.2) is 9.97 Å². The van der Waals surface area contributed by atoms with E-state index >= 15 is 0 Å². The maximum atomic E-state index is 12.5. The van der Waals surface area contributed by atoms with E-state index in [0.717, 1.165) is 29.5 Å². The topological polar surface area (TPSA) is 85.2 Å². The monoisotopic (exact) mass is 383 g/mol. The van der Waals surface area contributed by atoms with Crippen molar-refractivity contribution < 1.29 is 9.21 Å². The highest BCUT2D eigenvalue weighted by Gasteiger charge is 2.20. The van der Waals surface area contributed by atoms with E-state index in [1.807, 2.05) is 59.5 Å². The zero-order valence-electron chi connectivity index (χ0n) is 15.7. The molecular formula is C23H19N4O2. The molecule has 0 spiro atoms. The zero-order chi connectivity index (χ0) is 19.8. The third kappa shape index (κ3) is 3.23. The summed E-state index contributed by atoms with van der Waals surface area (Å²) in [6.45, 7) is 1.50. The van der Waals surface area contributed by atoms with E-state index in [1.54, 1.807) is 6.20 Å². The van der Waals surface area contributed by atoms with Crippen LogP contribution in [0.4, 0.5) is 5.82 Å². The highest BCUT2D eigenvalue weighted by Crippen LogP contribution is 2.31. The summed E-state index contributed by atoms with van der Waals surface area (Å²) in [6.07, 6.45) is 4.71. The summed E-state index contributed by atoms with van der Waals surface area (Å²) in [6, 6.07) is 17.1. The third-order valence-electron chi connectivity index (χ3n) is 5.13. The fraction of sp³-hybridized carbons (Fsp3) is 0.130. The van der Waals surface area contributed by atoms with Gasteiger partial charge in [0.05, 0.1) is 11.9 Å². The molecule has 1 aliphatic rings. The number of amides is 1. The van der Waals surface area contributed by atoms with Gasteiger partial charge in [-0.2, -0.15) is 0 Å². The van der Waals surface area contributed by atoms with Crippen LogP contribution in [0, 0.1) is 6.42 Å². The fourth-order valence-corrected chi connectivity index (χ4v) is 3.55. The van der Waals surface area contributed by atoms with Gasteiger partial charge in [0, 0.05) is 29.6 Å². The molecule has 1 fully saturated rings. The standard InChI is InChI=1S/C23H19N4O2/c24-22-21(20-13-17-5-1-2-6-19(17)29-20)26-18(14-25-22)15-7-9-16(10-8-15)23(28)27-11-3-4-12-27/h1-3,5-10,13-14H,4,11-12H2,(H2,24,25). The molecule has 1 amide bonds. The maximum Gasteiger partial charge on any atom is 0.253 e. The molecule has 0 aliphatic carbocycles. The molecule has 4 aromatic rings. The molecule has 2 aromatic carbocycles. The second-order valence-corrected chi connectivity index (χ2v) is 7.04. The van der Waals surface area contributed by atoms with Crippen molar-refractivity contribution >= 4 is 22.7 Å². The van der Waals surface area contributed by atoms with Gasteiger partial charge in [0.15, 0.2) is 11.6 Å². The molecule has 1 aliphatic heterocycles. The van der Waals surface area contributed by atoms with E-state index in [1.165, 1.54) is 0 Å². The molecule has 2 aromatic heterocycles. The van der Waals surface area contributed by atoms with Crippen LogP contribution in [-0.2, 0) is 0 Å². The molecule has 0 saturated carbocycles. The van der Waals surface area contributed by atoms with Crippen LogP contribution in [0.3, 0.4) is 0 Å². The van der Waals surface area contributed by atoms with Gasteiger partial charge in [0.2, 0.25) is 0 Å². The van der Waals surface area contributed by atoms with Gasteiger partial charge in [-0.15, -0.1) is 0 Å². The maximum absolute atomic E-state index is 12.5. The number of hydrogen-bond acceptors (Lipinski definition) is 5. The van der Waals surface area contributed by atoms with Crippen molar-refractivity contribution in [2.24, 2.45) is 0 Å². The largest absolute Gasteiger partial charge is 0.454 e. The molecule has 6 nitrogen and oxygen atoms in total. The summed E-state index contributed by atoms with van der Waals surface area (Å²) < 4.78 is 5.90.